The minimum Gasteiger partial charge on any atom is -0.456 e. The van der Waals surface area contributed by atoms with Crippen LogP contribution in [0.3, 0.4) is 0 Å². The standard InChI is InChI=1S/C15H13F4NO/c1-9-6-11(16)3-5-13(9)21-14-4-2-10(8-20)7-12(14)15(17,18)19/h2-7H,8,20H2,1H3. The number of rotatable bonds is 3. The van der Waals surface area contributed by atoms with Gasteiger partial charge < -0.3 is 10.5 Å². The zero-order valence-corrected chi connectivity index (χ0v) is 11.2. The van der Waals surface area contributed by atoms with Crippen LogP contribution in [0.1, 0.15) is 16.7 Å². The molecule has 0 amide bonds. The Kier molecular flexibility index (Phi) is 4.18. The molecule has 0 spiro atoms. The number of halogens is 4. The van der Waals surface area contributed by atoms with Crippen LogP contribution < -0.4 is 10.5 Å². The molecule has 2 nitrogen and oxygen atoms in total. The van der Waals surface area contributed by atoms with Gasteiger partial charge in [-0.05, 0) is 48.4 Å². The third-order valence-electron chi connectivity index (χ3n) is 2.94. The average molecular weight is 299 g/mol. The molecule has 0 aliphatic heterocycles. The van der Waals surface area contributed by atoms with Gasteiger partial charge in [0.25, 0.3) is 0 Å². The first-order valence-electron chi connectivity index (χ1n) is 6.15. The highest BCUT2D eigenvalue weighted by Gasteiger charge is 2.34. The summed E-state index contributed by atoms with van der Waals surface area (Å²) in [6, 6.07) is 7.24. The Bertz CT molecular complexity index is 653. The molecular formula is C15H13F4NO. The summed E-state index contributed by atoms with van der Waals surface area (Å²) in [5, 5.41) is 0. The van der Waals surface area contributed by atoms with Crippen molar-refractivity contribution in [3.63, 3.8) is 0 Å². The van der Waals surface area contributed by atoms with E-state index in [1.807, 2.05) is 0 Å². The normalized spacial score (nSPS) is 11.5. The van der Waals surface area contributed by atoms with Gasteiger partial charge in [-0.1, -0.05) is 6.07 Å². The van der Waals surface area contributed by atoms with Gasteiger partial charge in [0, 0.05) is 6.54 Å². The molecule has 0 aliphatic carbocycles. The number of aryl methyl sites for hydroxylation is 1. The molecular weight excluding hydrogens is 286 g/mol. The highest BCUT2D eigenvalue weighted by atomic mass is 19.4. The van der Waals surface area contributed by atoms with Crippen molar-refractivity contribution < 1.29 is 22.3 Å². The lowest BCUT2D eigenvalue weighted by Gasteiger charge is -2.16. The van der Waals surface area contributed by atoms with E-state index in [4.69, 9.17) is 10.5 Å². The van der Waals surface area contributed by atoms with Crippen molar-refractivity contribution in [2.45, 2.75) is 19.6 Å². The highest BCUT2D eigenvalue weighted by Crippen LogP contribution is 2.39. The lowest BCUT2D eigenvalue weighted by Crippen LogP contribution is -2.09. The van der Waals surface area contributed by atoms with E-state index in [0.717, 1.165) is 12.1 Å². The number of nitrogens with two attached hydrogens (primary N) is 1. The summed E-state index contributed by atoms with van der Waals surface area (Å²) < 4.78 is 57.5. The van der Waals surface area contributed by atoms with E-state index in [1.54, 1.807) is 6.92 Å². The second-order valence-corrected chi connectivity index (χ2v) is 4.54. The lowest BCUT2D eigenvalue weighted by molar-refractivity contribution is -0.138. The molecule has 0 atom stereocenters. The minimum absolute atomic E-state index is 0.00106. The molecule has 6 heteroatoms. The fourth-order valence-electron chi connectivity index (χ4n) is 1.86. The maximum atomic E-state index is 13.1. The van der Waals surface area contributed by atoms with Crippen LogP contribution in [0.5, 0.6) is 11.5 Å². The van der Waals surface area contributed by atoms with Gasteiger partial charge in [0.1, 0.15) is 17.3 Å². The number of hydrogen-bond donors (Lipinski definition) is 1. The van der Waals surface area contributed by atoms with Crippen LogP contribution in [0.15, 0.2) is 36.4 Å². The van der Waals surface area contributed by atoms with Crippen molar-refractivity contribution in [1.82, 2.24) is 0 Å². The summed E-state index contributed by atoms with van der Waals surface area (Å²) in [7, 11) is 0. The smallest absolute Gasteiger partial charge is 0.419 e. The summed E-state index contributed by atoms with van der Waals surface area (Å²) in [4.78, 5) is 0. The molecule has 2 N–H and O–H groups in total. The van der Waals surface area contributed by atoms with Crippen molar-refractivity contribution in [3.05, 3.63) is 58.9 Å². The van der Waals surface area contributed by atoms with Crippen molar-refractivity contribution in [1.29, 1.82) is 0 Å². The number of hydrogen-bond acceptors (Lipinski definition) is 2. The third kappa shape index (κ3) is 3.52. The van der Waals surface area contributed by atoms with E-state index in [0.29, 0.717) is 11.1 Å². The van der Waals surface area contributed by atoms with Crippen molar-refractivity contribution >= 4 is 0 Å². The topological polar surface area (TPSA) is 35.2 Å². The van der Waals surface area contributed by atoms with E-state index in [9.17, 15) is 17.6 Å². The minimum atomic E-state index is -4.56. The van der Waals surface area contributed by atoms with Crippen LogP contribution in [0.2, 0.25) is 0 Å². The van der Waals surface area contributed by atoms with Gasteiger partial charge in [-0.3, -0.25) is 0 Å². The SMILES string of the molecule is Cc1cc(F)ccc1Oc1ccc(CN)cc1C(F)(F)F. The molecule has 2 rings (SSSR count). The van der Waals surface area contributed by atoms with Gasteiger partial charge in [-0.25, -0.2) is 4.39 Å². The van der Waals surface area contributed by atoms with Crippen LogP contribution in [0.4, 0.5) is 17.6 Å². The molecule has 112 valence electrons. The fraction of sp³-hybridized carbons (Fsp3) is 0.200. The van der Waals surface area contributed by atoms with Crippen molar-refractivity contribution in [2.75, 3.05) is 0 Å². The van der Waals surface area contributed by atoms with Gasteiger partial charge in [0.2, 0.25) is 0 Å². The number of alkyl halides is 3. The van der Waals surface area contributed by atoms with Crippen LogP contribution in [0.25, 0.3) is 0 Å². The number of ether oxygens (including phenoxy) is 1. The Morgan fingerprint density at radius 2 is 1.71 bits per heavy atom. The van der Waals surface area contributed by atoms with Gasteiger partial charge >= 0.3 is 6.18 Å². The lowest BCUT2D eigenvalue weighted by atomic mass is 10.1. The monoisotopic (exact) mass is 299 g/mol. The summed E-state index contributed by atoms with van der Waals surface area (Å²) in [6.07, 6.45) is -4.56. The largest absolute Gasteiger partial charge is 0.456 e. The Labute approximate surface area is 119 Å². The van der Waals surface area contributed by atoms with Gasteiger partial charge in [0.15, 0.2) is 0 Å². The maximum absolute atomic E-state index is 13.1. The molecule has 21 heavy (non-hydrogen) atoms. The van der Waals surface area contributed by atoms with Crippen LogP contribution in [-0.4, -0.2) is 0 Å². The Morgan fingerprint density at radius 1 is 1.05 bits per heavy atom. The predicted octanol–water partition coefficient (Wildman–Crippen LogP) is 4.40. The molecule has 2 aromatic carbocycles. The van der Waals surface area contributed by atoms with Crippen LogP contribution in [0, 0.1) is 12.7 Å². The Morgan fingerprint density at radius 3 is 2.29 bits per heavy atom. The van der Waals surface area contributed by atoms with Gasteiger partial charge in [-0.2, -0.15) is 13.2 Å². The average Bonchev–Trinajstić information content (AvgIpc) is 2.41. The van der Waals surface area contributed by atoms with Crippen LogP contribution in [-0.2, 0) is 12.7 Å². The molecule has 0 bridgehead atoms. The quantitative estimate of drug-likeness (QED) is 0.852. The van der Waals surface area contributed by atoms with E-state index in [-0.39, 0.29) is 18.0 Å². The van der Waals surface area contributed by atoms with E-state index in [2.05, 4.69) is 0 Å². The van der Waals surface area contributed by atoms with Crippen molar-refractivity contribution in [2.24, 2.45) is 5.73 Å². The first-order valence-corrected chi connectivity index (χ1v) is 6.15. The molecule has 0 aliphatic rings. The van der Waals surface area contributed by atoms with E-state index < -0.39 is 17.6 Å². The molecule has 0 radical (unpaired) electrons. The molecule has 0 fully saturated rings. The predicted molar refractivity (Wildman–Crippen MR) is 70.5 cm³/mol. The maximum Gasteiger partial charge on any atom is 0.419 e. The summed E-state index contributed by atoms with van der Waals surface area (Å²) in [6.45, 7) is 1.55. The van der Waals surface area contributed by atoms with Crippen LogP contribution >= 0.6 is 0 Å². The third-order valence-corrected chi connectivity index (χ3v) is 2.94. The van der Waals surface area contributed by atoms with Gasteiger partial charge in [-0.15, -0.1) is 0 Å². The summed E-state index contributed by atoms with van der Waals surface area (Å²) in [5.41, 5.74) is 5.21. The zero-order chi connectivity index (χ0) is 15.6. The van der Waals surface area contributed by atoms with E-state index in [1.165, 1.54) is 24.3 Å². The van der Waals surface area contributed by atoms with E-state index >= 15 is 0 Å². The Hall–Kier alpha value is -2.08. The summed E-state index contributed by atoms with van der Waals surface area (Å²) >= 11 is 0. The highest BCUT2D eigenvalue weighted by molar-refractivity contribution is 5.44. The first-order chi connectivity index (χ1) is 9.81. The molecule has 2 aromatic rings. The number of benzene rings is 2. The second kappa shape index (κ2) is 5.73. The second-order valence-electron chi connectivity index (χ2n) is 4.54. The first kappa shape index (κ1) is 15.3. The Balaban J connectivity index is 2.44. The van der Waals surface area contributed by atoms with Crippen molar-refractivity contribution in [3.8, 4) is 11.5 Å². The molecule has 0 saturated heterocycles. The zero-order valence-electron chi connectivity index (χ0n) is 11.2. The molecule has 0 saturated carbocycles. The molecule has 0 heterocycles. The fourth-order valence-corrected chi connectivity index (χ4v) is 1.86. The summed E-state index contributed by atoms with van der Waals surface area (Å²) in [5.74, 6) is -0.647. The van der Waals surface area contributed by atoms with Gasteiger partial charge in [0.05, 0.1) is 5.56 Å². The molecule has 0 aromatic heterocycles. The molecule has 0 unspecified atom stereocenters.